The van der Waals surface area contributed by atoms with Crippen LogP contribution in [-0.4, -0.2) is 44.3 Å². The van der Waals surface area contributed by atoms with Gasteiger partial charge in [-0.05, 0) is 30.5 Å². The van der Waals surface area contributed by atoms with Crippen LogP contribution in [0.5, 0.6) is 0 Å². The van der Waals surface area contributed by atoms with Crippen LogP contribution in [-0.2, 0) is 27.4 Å². The summed E-state index contributed by atoms with van der Waals surface area (Å²) in [6.07, 6.45) is -0.838. The van der Waals surface area contributed by atoms with Gasteiger partial charge in [-0.25, -0.2) is 4.79 Å². The van der Waals surface area contributed by atoms with Crippen molar-refractivity contribution in [3.63, 3.8) is 0 Å². The van der Waals surface area contributed by atoms with E-state index in [4.69, 9.17) is 9.47 Å². The van der Waals surface area contributed by atoms with Crippen LogP contribution < -0.4 is 10.2 Å². The molecule has 6 nitrogen and oxygen atoms in total. The van der Waals surface area contributed by atoms with E-state index < -0.39 is 12.1 Å². The molecule has 1 aromatic heterocycles. The summed E-state index contributed by atoms with van der Waals surface area (Å²) in [4.78, 5) is 26.9. The van der Waals surface area contributed by atoms with Crippen LogP contribution in [0.4, 0.5) is 0 Å². The average Bonchev–Trinajstić information content (AvgIpc) is 3.21. The van der Waals surface area contributed by atoms with E-state index in [0.717, 1.165) is 37.7 Å². The number of benzene rings is 1. The van der Waals surface area contributed by atoms with E-state index in [1.807, 2.05) is 29.6 Å². The van der Waals surface area contributed by atoms with Crippen LogP contribution in [0.2, 0.25) is 0 Å². The second kappa shape index (κ2) is 9.64. The molecule has 0 saturated carbocycles. The molecule has 1 amide bonds. The second-order valence-corrected chi connectivity index (χ2v) is 7.61. The number of quaternary nitrogens is 1. The largest absolute Gasteiger partial charge is 0.449 e. The number of carbonyl (C=O) groups is 2. The third-order valence-electron chi connectivity index (χ3n) is 4.51. The zero-order chi connectivity index (χ0) is 19.1. The van der Waals surface area contributed by atoms with Gasteiger partial charge in [0.15, 0.2) is 6.10 Å². The van der Waals surface area contributed by atoms with E-state index >= 15 is 0 Å². The summed E-state index contributed by atoms with van der Waals surface area (Å²) in [5.41, 5.74) is 1.62. The molecule has 1 atom stereocenters. The Bertz CT molecular complexity index is 740. The molecule has 1 aliphatic rings. The summed E-state index contributed by atoms with van der Waals surface area (Å²) in [6, 6.07) is 11.3. The van der Waals surface area contributed by atoms with Crippen LogP contribution in [0.3, 0.4) is 0 Å². The number of thiophene rings is 1. The highest BCUT2D eigenvalue weighted by atomic mass is 32.1. The van der Waals surface area contributed by atoms with Gasteiger partial charge in [0, 0.05) is 10.4 Å². The lowest BCUT2D eigenvalue weighted by Crippen LogP contribution is -3.12. The van der Waals surface area contributed by atoms with Crippen molar-refractivity contribution in [1.82, 2.24) is 5.32 Å². The van der Waals surface area contributed by atoms with Gasteiger partial charge in [-0.15, -0.1) is 11.3 Å². The molecule has 144 valence electrons. The summed E-state index contributed by atoms with van der Waals surface area (Å²) in [5, 5.41) is 4.73. The fraction of sp³-hybridized carbons (Fsp3) is 0.400. The van der Waals surface area contributed by atoms with E-state index in [2.05, 4.69) is 5.32 Å². The first-order chi connectivity index (χ1) is 13.1. The number of nitrogens with one attached hydrogen (secondary N) is 2. The predicted molar refractivity (Wildman–Crippen MR) is 103 cm³/mol. The normalized spacial score (nSPS) is 15.9. The summed E-state index contributed by atoms with van der Waals surface area (Å²) in [6.45, 7) is 6.54. The zero-order valence-electron chi connectivity index (χ0n) is 15.4. The maximum absolute atomic E-state index is 12.3. The molecule has 2 N–H and O–H groups in total. The summed E-state index contributed by atoms with van der Waals surface area (Å²) < 4.78 is 10.7. The Morgan fingerprint density at radius 3 is 2.63 bits per heavy atom. The van der Waals surface area contributed by atoms with Crippen molar-refractivity contribution in [1.29, 1.82) is 0 Å². The maximum atomic E-state index is 12.3. The Morgan fingerprint density at radius 1 is 1.22 bits per heavy atom. The Balaban J connectivity index is 1.47. The molecule has 2 aromatic rings. The highest BCUT2D eigenvalue weighted by Gasteiger charge is 2.19. The van der Waals surface area contributed by atoms with Gasteiger partial charge in [-0.2, -0.15) is 0 Å². The highest BCUT2D eigenvalue weighted by Crippen LogP contribution is 2.09. The highest BCUT2D eigenvalue weighted by molar-refractivity contribution is 7.09. The lowest BCUT2D eigenvalue weighted by atomic mass is 10.1. The third kappa shape index (κ3) is 5.89. The number of rotatable bonds is 7. The van der Waals surface area contributed by atoms with Crippen LogP contribution in [0.15, 0.2) is 41.8 Å². The number of amides is 1. The lowest BCUT2D eigenvalue weighted by molar-refractivity contribution is -0.921. The molecule has 2 heterocycles. The minimum Gasteiger partial charge on any atom is -0.449 e. The zero-order valence-corrected chi connectivity index (χ0v) is 16.2. The molecular weight excluding hydrogens is 364 g/mol. The fourth-order valence-corrected chi connectivity index (χ4v) is 3.54. The minimum atomic E-state index is -0.838. The van der Waals surface area contributed by atoms with Gasteiger partial charge >= 0.3 is 5.97 Å². The topological polar surface area (TPSA) is 69.1 Å². The van der Waals surface area contributed by atoms with Crippen molar-refractivity contribution in [2.24, 2.45) is 0 Å². The summed E-state index contributed by atoms with van der Waals surface area (Å²) in [7, 11) is 0. The molecule has 0 bridgehead atoms. The Kier molecular flexibility index (Phi) is 6.98. The van der Waals surface area contributed by atoms with Gasteiger partial charge in [0.1, 0.15) is 19.6 Å². The predicted octanol–water partition coefficient (Wildman–Crippen LogP) is 1.02. The molecule has 0 spiro atoms. The van der Waals surface area contributed by atoms with Crippen LogP contribution in [0.25, 0.3) is 0 Å². The number of carbonyl (C=O) groups excluding carboxylic acids is 2. The van der Waals surface area contributed by atoms with Crippen molar-refractivity contribution in [2.45, 2.75) is 26.1 Å². The number of hydrogen-bond donors (Lipinski definition) is 2. The smallest absolute Gasteiger partial charge is 0.338 e. The van der Waals surface area contributed by atoms with Crippen LogP contribution in [0.1, 0.15) is 27.7 Å². The Labute approximate surface area is 163 Å². The Morgan fingerprint density at radius 2 is 1.96 bits per heavy atom. The van der Waals surface area contributed by atoms with Gasteiger partial charge < -0.3 is 19.7 Å². The van der Waals surface area contributed by atoms with E-state index in [0.29, 0.717) is 12.1 Å². The SMILES string of the molecule is C[C@@H](OC(=O)c1ccc(C[NH+]2CCOCC2)cc1)C(=O)NCc1cccs1. The summed E-state index contributed by atoms with van der Waals surface area (Å²) >= 11 is 1.57. The maximum Gasteiger partial charge on any atom is 0.338 e. The Hall–Kier alpha value is -2.22. The van der Waals surface area contributed by atoms with E-state index in [1.54, 1.807) is 30.4 Å². The van der Waals surface area contributed by atoms with Crippen molar-refractivity contribution < 1.29 is 24.0 Å². The standard InChI is InChI=1S/C20H24N2O4S/c1-15(19(23)21-13-18-3-2-12-27-18)26-20(24)17-6-4-16(5-7-17)14-22-8-10-25-11-9-22/h2-7,12,15H,8-11,13-14H2,1H3,(H,21,23)/p+1/t15-/m1/s1. The van der Waals surface area contributed by atoms with Gasteiger partial charge in [0.25, 0.3) is 5.91 Å². The van der Waals surface area contributed by atoms with Crippen molar-refractivity contribution in [2.75, 3.05) is 26.3 Å². The third-order valence-corrected chi connectivity index (χ3v) is 5.39. The van der Waals surface area contributed by atoms with Crippen LogP contribution in [0, 0.1) is 0 Å². The van der Waals surface area contributed by atoms with Gasteiger partial charge in [0.2, 0.25) is 0 Å². The molecular formula is C20H25N2O4S+. The fourth-order valence-electron chi connectivity index (χ4n) is 2.90. The molecule has 0 unspecified atom stereocenters. The monoisotopic (exact) mass is 389 g/mol. The molecule has 27 heavy (non-hydrogen) atoms. The molecule has 7 heteroatoms. The molecule has 1 aromatic carbocycles. The van der Waals surface area contributed by atoms with Gasteiger partial charge in [-0.3, -0.25) is 4.79 Å². The summed E-state index contributed by atoms with van der Waals surface area (Å²) in [5.74, 6) is -0.789. The molecule has 3 rings (SSSR count). The number of ether oxygens (including phenoxy) is 2. The second-order valence-electron chi connectivity index (χ2n) is 6.58. The molecule has 1 fully saturated rings. The minimum absolute atomic E-state index is 0.302. The molecule has 0 radical (unpaired) electrons. The quantitative estimate of drug-likeness (QED) is 0.694. The van der Waals surface area contributed by atoms with Gasteiger partial charge in [-0.1, -0.05) is 18.2 Å². The number of esters is 1. The number of morpholine rings is 1. The lowest BCUT2D eigenvalue weighted by Gasteiger charge is -2.23. The molecule has 1 aliphatic heterocycles. The van der Waals surface area contributed by atoms with Crippen molar-refractivity contribution >= 4 is 23.2 Å². The average molecular weight is 389 g/mol. The van der Waals surface area contributed by atoms with E-state index in [-0.39, 0.29) is 5.91 Å². The first kappa shape index (κ1) is 19.5. The number of hydrogen-bond acceptors (Lipinski definition) is 5. The van der Waals surface area contributed by atoms with E-state index in [1.165, 1.54) is 10.5 Å². The first-order valence-electron chi connectivity index (χ1n) is 9.13. The van der Waals surface area contributed by atoms with Crippen molar-refractivity contribution in [3.8, 4) is 0 Å². The van der Waals surface area contributed by atoms with E-state index in [9.17, 15) is 9.59 Å². The molecule has 1 saturated heterocycles. The van der Waals surface area contributed by atoms with Crippen molar-refractivity contribution in [3.05, 3.63) is 57.8 Å². The first-order valence-corrected chi connectivity index (χ1v) is 10.0. The van der Waals surface area contributed by atoms with Gasteiger partial charge in [0.05, 0.1) is 25.3 Å². The van der Waals surface area contributed by atoms with Crippen LogP contribution >= 0.6 is 11.3 Å². The molecule has 0 aliphatic carbocycles.